The second kappa shape index (κ2) is 2.94. The standard InChI is InChI=1S/C9H13N3O2/c1-5-4-10-8-6(11-5)3-7(9(13)14)12(8)2/h3,5,10-11H,4H2,1-2H3,(H,13,14). The first-order chi connectivity index (χ1) is 6.59. The van der Waals surface area contributed by atoms with E-state index in [1.54, 1.807) is 17.7 Å². The van der Waals surface area contributed by atoms with Gasteiger partial charge in [0.2, 0.25) is 0 Å². The molecule has 0 saturated heterocycles. The Kier molecular flexibility index (Phi) is 1.87. The molecule has 1 aromatic rings. The van der Waals surface area contributed by atoms with E-state index in [4.69, 9.17) is 5.11 Å². The van der Waals surface area contributed by atoms with Crippen molar-refractivity contribution in [3.05, 3.63) is 11.8 Å². The number of carboxylic acids is 1. The summed E-state index contributed by atoms with van der Waals surface area (Å²) in [5.41, 5.74) is 1.16. The molecule has 0 spiro atoms. The number of aromatic carboxylic acids is 1. The van der Waals surface area contributed by atoms with Gasteiger partial charge in [-0.3, -0.25) is 0 Å². The van der Waals surface area contributed by atoms with Crippen LogP contribution in [-0.2, 0) is 7.05 Å². The van der Waals surface area contributed by atoms with E-state index in [0.717, 1.165) is 18.1 Å². The molecule has 0 amide bonds. The van der Waals surface area contributed by atoms with E-state index in [-0.39, 0.29) is 0 Å². The Morgan fingerprint density at radius 3 is 3.07 bits per heavy atom. The molecule has 3 N–H and O–H groups in total. The predicted molar refractivity (Wildman–Crippen MR) is 53.9 cm³/mol. The third kappa shape index (κ3) is 1.21. The number of carboxylic acid groups (broad SMARTS) is 1. The maximum Gasteiger partial charge on any atom is 0.352 e. The van der Waals surface area contributed by atoms with Crippen molar-refractivity contribution in [1.82, 2.24) is 4.57 Å². The van der Waals surface area contributed by atoms with Crippen molar-refractivity contribution in [2.24, 2.45) is 7.05 Å². The van der Waals surface area contributed by atoms with Gasteiger partial charge in [-0.2, -0.15) is 0 Å². The van der Waals surface area contributed by atoms with Crippen molar-refractivity contribution in [3.8, 4) is 0 Å². The molecule has 1 unspecified atom stereocenters. The molecule has 2 rings (SSSR count). The molecule has 0 aromatic carbocycles. The van der Waals surface area contributed by atoms with Gasteiger partial charge in [0, 0.05) is 19.6 Å². The lowest BCUT2D eigenvalue weighted by Gasteiger charge is -2.23. The third-order valence-corrected chi connectivity index (χ3v) is 2.43. The average Bonchev–Trinajstić information content (AvgIpc) is 2.43. The molecule has 1 aliphatic heterocycles. The molecule has 2 heterocycles. The molecule has 5 heteroatoms. The summed E-state index contributed by atoms with van der Waals surface area (Å²) in [5, 5.41) is 15.3. The number of fused-ring (bicyclic) bond motifs is 1. The highest BCUT2D eigenvalue weighted by Crippen LogP contribution is 2.29. The van der Waals surface area contributed by atoms with E-state index >= 15 is 0 Å². The van der Waals surface area contributed by atoms with Crippen molar-refractivity contribution in [1.29, 1.82) is 0 Å². The summed E-state index contributed by atoms with van der Waals surface area (Å²) in [4.78, 5) is 10.8. The van der Waals surface area contributed by atoms with Crippen molar-refractivity contribution in [2.45, 2.75) is 13.0 Å². The molecule has 5 nitrogen and oxygen atoms in total. The minimum Gasteiger partial charge on any atom is -0.477 e. The van der Waals surface area contributed by atoms with Crippen LogP contribution >= 0.6 is 0 Å². The summed E-state index contributed by atoms with van der Waals surface area (Å²) >= 11 is 0. The SMILES string of the molecule is CC1CNc2c(cc(C(=O)O)n2C)N1. The van der Waals surface area contributed by atoms with Crippen LogP contribution in [0.25, 0.3) is 0 Å². The van der Waals surface area contributed by atoms with Crippen LogP contribution in [0, 0.1) is 0 Å². The van der Waals surface area contributed by atoms with Gasteiger partial charge in [-0.05, 0) is 13.0 Å². The molecule has 1 atom stereocenters. The van der Waals surface area contributed by atoms with Gasteiger partial charge in [-0.1, -0.05) is 0 Å². The summed E-state index contributed by atoms with van der Waals surface area (Å²) in [7, 11) is 1.74. The zero-order valence-electron chi connectivity index (χ0n) is 8.16. The number of hydrogen-bond donors (Lipinski definition) is 3. The van der Waals surface area contributed by atoms with Crippen molar-refractivity contribution in [2.75, 3.05) is 17.2 Å². The quantitative estimate of drug-likeness (QED) is 0.624. The Morgan fingerprint density at radius 2 is 2.43 bits per heavy atom. The summed E-state index contributed by atoms with van der Waals surface area (Å²) in [6, 6.07) is 1.98. The van der Waals surface area contributed by atoms with Crippen molar-refractivity contribution in [3.63, 3.8) is 0 Å². The van der Waals surface area contributed by atoms with Gasteiger partial charge in [-0.15, -0.1) is 0 Å². The highest BCUT2D eigenvalue weighted by atomic mass is 16.4. The monoisotopic (exact) mass is 195 g/mol. The lowest BCUT2D eigenvalue weighted by atomic mass is 10.2. The molecular weight excluding hydrogens is 182 g/mol. The van der Waals surface area contributed by atoms with Crippen LogP contribution in [0.2, 0.25) is 0 Å². The molecule has 0 saturated carbocycles. The van der Waals surface area contributed by atoms with Crippen LogP contribution < -0.4 is 10.6 Å². The van der Waals surface area contributed by atoms with Crippen LogP contribution in [0.5, 0.6) is 0 Å². The molecular formula is C9H13N3O2. The Bertz CT molecular complexity index is 384. The van der Waals surface area contributed by atoms with Gasteiger partial charge >= 0.3 is 5.97 Å². The number of aromatic nitrogens is 1. The van der Waals surface area contributed by atoms with E-state index < -0.39 is 5.97 Å². The van der Waals surface area contributed by atoms with Gasteiger partial charge in [0.15, 0.2) is 0 Å². The summed E-state index contributed by atoms with van der Waals surface area (Å²) < 4.78 is 1.65. The lowest BCUT2D eigenvalue weighted by molar-refractivity contribution is 0.0687. The summed E-state index contributed by atoms with van der Waals surface area (Å²) in [5.74, 6) is -0.0568. The van der Waals surface area contributed by atoms with Crippen LogP contribution in [0.3, 0.4) is 0 Å². The Hall–Kier alpha value is -1.65. The van der Waals surface area contributed by atoms with E-state index in [2.05, 4.69) is 10.6 Å². The van der Waals surface area contributed by atoms with Crippen molar-refractivity contribution < 1.29 is 9.90 Å². The minimum absolute atomic E-state index is 0.295. The third-order valence-electron chi connectivity index (χ3n) is 2.43. The highest BCUT2D eigenvalue weighted by Gasteiger charge is 2.21. The average molecular weight is 195 g/mol. The number of hydrogen-bond acceptors (Lipinski definition) is 3. The predicted octanol–water partition coefficient (Wildman–Crippen LogP) is 0.949. The zero-order valence-corrected chi connectivity index (χ0v) is 8.16. The fourth-order valence-corrected chi connectivity index (χ4v) is 1.70. The molecule has 1 aromatic heterocycles. The van der Waals surface area contributed by atoms with Crippen molar-refractivity contribution >= 4 is 17.5 Å². The molecule has 1 aliphatic rings. The second-order valence-corrected chi connectivity index (χ2v) is 3.58. The van der Waals surface area contributed by atoms with E-state index in [1.165, 1.54) is 0 Å². The van der Waals surface area contributed by atoms with Gasteiger partial charge < -0.3 is 20.3 Å². The molecule has 0 bridgehead atoms. The number of anilines is 2. The Balaban J connectivity index is 2.45. The van der Waals surface area contributed by atoms with Gasteiger partial charge in [-0.25, -0.2) is 4.79 Å². The first-order valence-electron chi connectivity index (χ1n) is 4.53. The Morgan fingerprint density at radius 1 is 1.71 bits per heavy atom. The molecule has 0 aliphatic carbocycles. The number of carbonyl (C=O) groups is 1. The summed E-state index contributed by atoms with van der Waals surface area (Å²) in [6.07, 6.45) is 0. The number of nitrogens with one attached hydrogen (secondary N) is 2. The molecule has 0 radical (unpaired) electrons. The molecule has 76 valence electrons. The Labute approximate surface area is 81.7 Å². The maximum absolute atomic E-state index is 10.8. The van der Waals surface area contributed by atoms with Crippen LogP contribution in [0.1, 0.15) is 17.4 Å². The maximum atomic E-state index is 10.8. The minimum atomic E-state index is -0.904. The van der Waals surface area contributed by atoms with E-state index in [0.29, 0.717) is 11.7 Å². The first kappa shape index (κ1) is 8.93. The van der Waals surface area contributed by atoms with Gasteiger partial charge in [0.25, 0.3) is 0 Å². The summed E-state index contributed by atoms with van der Waals surface area (Å²) in [6.45, 7) is 2.85. The fraction of sp³-hybridized carbons (Fsp3) is 0.444. The smallest absolute Gasteiger partial charge is 0.352 e. The van der Waals surface area contributed by atoms with Gasteiger partial charge in [0.1, 0.15) is 11.5 Å². The second-order valence-electron chi connectivity index (χ2n) is 3.58. The normalized spacial score (nSPS) is 19.4. The van der Waals surface area contributed by atoms with E-state index in [1.807, 2.05) is 6.92 Å². The largest absolute Gasteiger partial charge is 0.477 e. The highest BCUT2D eigenvalue weighted by molar-refractivity contribution is 5.90. The topological polar surface area (TPSA) is 66.3 Å². The van der Waals surface area contributed by atoms with E-state index in [9.17, 15) is 4.79 Å². The first-order valence-corrected chi connectivity index (χ1v) is 4.53. The molecule has 14 heavy (non-hydrogen) atoms. The van der Waals surface area contributed by atoms with Crippen LogP contribution in [0.15, 0.2) is 6.07 Å². The molecule has 0 fully saturated rings. The van der Waals surface area contributed by atoms with Gasteiger partial charge in [0.05, 0.1) is 5.69 Å². The number of rotatable bonds is 1. The lowest BCUT2D eigenvalue weighted by Crippen LogP contribution is -2.30. The fourth-order valence-electron chi connectivity index (χ4n) is 1.70. The number of nitrogens with zero attached hydrogens (tertiary/aromatic N) is 1. The van der Waals surface area contributed by atoms with Crippen LogP contribution in [-0.4, -0.2) is 28.2 Å². The zero-order chi connectivity index (χ0) is 10.3. The van der Waals surface area contributed by atoms with Crippen LogP contribution in [0.4, 0.5) is 11.5 Å².